The second-order valence-corrected chi connectivity index (χ2v) is 13.4. The minimum Gasteiger partial charge on any atom is -0.372 e. The summed E-state index contributed by atoms with van der Waals surface area (Å²) in [7, 11) is 4.61. The van der Waals surface area contributed by atoms with Crippen LogP contribution >= 0.6 is 18.8 Å². The van der Waals surface area contributed by atoms with E-state index in [4.69, 9.17) is 5.10 Å². The van der Waals surface area contributed by atoms with Crippen molar-refractivity contribution in [1.82, 2.24) is 23.6 Å². The molecule has 1 unspecified atom stereocenters. The third-order valence-electron chi connectivity index (χ3n) is 6.76. The maximum absolute atomic E-state index is 12.2. The zero-order valence-electron chi connectivity index (χ0n) is 22.1. The summed E-state index contributed by atoms with van der Waals surface area (Å²) in [5.74, 6) is 0.667. The Morgan fingerprint density at radius 1 is 1.30 bits per heavy atom. The van der Waals surface area contributed by atoms with Gasteiger partial charge in [0.05, 0.1) is 28.4 Å². The highest BCUT2D eigenvalue weighted by molar-refractivity contribution is 8.27. The summed E-state index contributed by atoms with van der Waals surface area (Å²) in [6, 6.07) is 8.45. The number of aromatic nitrogens is 4. The standard InChI is InChI=1S/C26H34N7O2PS/c1-7-10-31(16-34)25-23-24(32(29-25)14-18-13-28-21-9-8-17(2)11-20(18)21)22-12-19(37(6,35)27-3)15-33(22)36-26(23)30(4)5/h8-9,11-13,15-16,27-28,35H,7,10,14H2,1-6H3. The smallest absolute Gasteiger partial charge is 0.215 e. The number of benzene rings is 1. The number of amides is 1. The highest BCUT2D eigenvalue weighted by Gasteiger charge is 2.26. The average Bonchev–Trinajstić information content (AvgIpc) is 3.58. The molecule has 0 radical (unpaired) electrons. The summed E-state index contributed by atoms with van der Waals surface area (Å²) in [6.45, 7) is 5.28. The first-order chi connectivity index (χ1) is 17.7. The van der Waals surface area contributed by atoms with Crippen LogP contribution in [0.4, 0.5) is 11.2 Å². The molecule has 0 aliphatic carbocycles. The highest BCUT2D eigenvalue weighted by atomic mass is 32.3. The lowest BCUT2D eigenvalue weighted by molar-refractivity contribution is -0.107. The van der Waals surface area contributed by atoms with Crippen molar-refractivity contribution in [2.24, 2.45) is 0 Å². The van der Waals surface area contributed by atoms with E-state index in [1.165, 1.54) is 5.56 Å². The lowest BCUT2D eigenvalue weighted by Gasteiger charge is -2.26. The van der Waals surface area contributed by atoms with Crippen LogP contribution in [0.25, 0.3) is 27.3 Å². The molecule has 0 spiro atoms. The van der Waals surface area contributed by atoms with Crippen LogP contribution in [-0.2, 0) is 11.3 Å². The number of fused-ring (bicyclic) bond motifs is 4. The van der Waals surface area contributed by atoms with Gasteiger partial charge in [0.15, 0.2) is 5.82 Å². The summed E-state index contributed by atoms with van der Waals surface area (Å²) in [6.07, 6.45) is 7.59. The summed E-state index contributed by atoms with van der Waals surface area (Å²) in [5.41, 5.74) is 6.37. The molecule has 1 atom stereocenters. The summed E-state index contributed by atoms with van der Waals surface area (Å²) in [4.78, 5) is 20.3. The first-order valence-electron chi connectivity index (χ1n) is 12.3. The topological polar surface area (TPSA) is 93.8 Å². The van der Waals surface area contributed by atoms with Crippen molar-refractivity contribution in [2.75, 3.05) is 43.7 Å². The average molecular weight is 540 g/mol. The zero-order valence-corrected chi connectivity index (χ0v) is 23.8. The number of carbonyl (C=O) groups is 1. The number of H-pyrrole nitrogens is 1. The fraction of sp³-hybridized carbons (Fsp3) is 0.346. The minimum atomic E-state index is -2.15. The number of aromatic amines is 1. The van der Waals surface area contributed by atoms with Gasteiger partial charge in [0, 0.05) is 63.4 Å². The molecule has 0 fully saturated rings. The first-order valence-corrected chi connectivity index (χ1v) is 15.1. The van der Waals surface area contributed by atoms with Gasteiger partial charge in [-0.05, 0) is 44.2 Å². The normalized spacial score (nSPS) is 14.6. The minimum absolute atomic E-state index is 0.540. The summed E-state index contributed by atoms with van der Waals surface area (Å²) in [5, 5.41) is 7.19. The van der Waals surface area contributed by atoms with E-state index in [9.17, 15) is 9.35 Å². The van der Waals surface area contributed by atoms with Crippen molar-refractivity contribution in [3.05, 3.63) is 47.8 Å². The molecule has 1 amide bonds. The van der Waals surface area contributed by atoms with Crippen LogP contribution in [0.5, 0.6) is 0 Å². The molecule has 0 saturated carbocycles. The monoisotopic (exact) mass is 539 g/mol. The Bertz CT molecular complexity index is 1620. The third-order valence-corrected chi connectivity index (χ3v) is 10.1. The van der Waals surface area contributed by atoms with E-state index in [1.54, 1.807) is 11.9 Å². The number of nitrogens with one attached hydrogen (secondary N) is 2. The molecular weight excluding hydrogens is 505 g/mol. The molecule has 0 aliphatic heterocycles. The quantitative estimate of drug-likeness (QED) is 0.214. The van der Waals surface area contributed by atoms with Gasteiger partial charge in [0.25, 0.3) is 0 Å². The number of nitrogens with zero attached hydrogens (tertiary/aromatic N) is 5. The van der Waals surface area contributed by atoms with Gasteiger partial charge in [-0.25, -0.2) is 0 Å². The van der Waals surface area contributed by atoms with Gasteiger partial charge >= 0.3 is 0 Å². The highest BCUT2D eigenvalue weighted by Crippen LogP contribution is 2.48. The lowest BCUT2D eigenvalue weighted by atomic mass is 10.1. The molecular formula is C26H34N7O2PS. The Labute approximate surface area is 219 Å². The van der Waals surface area contributed by atoms with Gasteiger partial charge in [-0.3, -0.25) is 23.3 Å². The molecule has 4 aromatic heterocycles. The second-order valence-electron chi connectivity index (χ2n) is 9.67. The van der Waals surface area contributed by atoms with Crippen molar-refractivity contribution in [2.45, 2.75) is 31.7 Å². The second kappa shape index (κ2) is 9.68. The Balaban J connectivity index is 1.84. The van der Waals surface area contributed by atoms with Crippen molar-refractivity contribution >= 4 is 63.8 Å². The molecule has 37 heavy (non-hydrogen) atoms. The Morgan fingerprint density at radius 3 is 2.76 bits per heavy atom. The summed E-state index contributed by atoms with van der Waals surface area (Å²) < 4.78 is 18.3. The first kappa shape index (κ1) is 25.6. The number of hydrogen-bond donors (Lipinski definition) is 3. The molecule has 0 bridgehead atoms. The maximum atomic E-state index is 12.2. The fourth-order valence-corrected chi connectivity index (χ4v) is 6.85. The molecule has 11 heteroatoms. The number of anilines is 2. The van der Waals surface area contributed by atoms with Gasteiger partial charge in [-0.2, -0.15) is 5.10 Å². The third kappa shape index (κ3) is 4.38. The van der Waals surface area contributed by atoms with E-state index in [-0.39, 0.29) is 0 Å². The Kier molecular flexibility index (Phi) is 6.70. The molecule has 4 heterocycles. The van der Waals surface area contributed by atoms with Gasteiger partial charge in [-0.15, -0.1) is 0 Å². The van der Waals surface area contributed by atoms with Crippen LogP contribution in [0, 0.1) is 6.92 Å². The van der Waals surface area contributed by atoms with Crippen molar-refractivity contribution < 1.29 is 9.35 Å². The Hall–Kier alpha value is -3.04. The molecule has 0 aliphatic rings. The zero-order chi connectivity index (χ0) is 26.5. The van der Waals surface area contributed by atoms with Crippen molar-refractivity contribution in [3.8, 4) is 0 Å². The Morgan fingerprint density at radius 2 is 2.08 bits per heavy atom. The number of rotatable bonds is 9. The maximum Gasteiger partial charge on any atom is 0.215 e. The predicted octanol–water partition coefficient (Wildman–Crippen LogP) is 5.55. The molecule has 9 nitrogen and oxygen atoms in total. The van der Waals surface area contributed by atoms with Gasteiger partial charge in [0.1, 0.15) is 0 Å². The molecule has 5 aromatic rings. The molecule has 0 saturated heterocycles. The lowest BCUT2D eigenvalue weighted by Crippen LogP contribution is -2.23. The van der Waals surface area contributed by atoms with Crippen LogP contribution in [0.1, 0.15) is 24.5 Å². The van der Waals surface area contributed by atoms with E-state index in [2.05, 4.69) is 56.9 Å². The molecule has 5 rings (SSSR count). The fourth-order valence-electron chi connectivity index (χ4n) is 4.75. The van der Waals surface area contributed by atoms with Crippen molar-refractivity contribution in [3.63, 3.8) is 0 Å². The van der Waals surface area contributed by atoms with Gasteiger partial charge in [-0.1, -0.05) is 29.0 Å². The van der Waals surface area contributed by atoms with Crippen LogP contribution in [0.2, 0.25) is 0 Å². The van der Waals surface area contributed by atoms with Gasteiger partial charge in [0.2, 0.25) is 6.41 Å². The molecule has 3 N–H and O–H groups in total. The van der Waals surface area contributed by atoms with Crippen LogP contribution in [0.15, 0.2) is 41.6 Å². The summed E-state index contributed by atoms with van der Waals surface area (Å²) >= 11 is 0. The largest absolute Gasteiger partial charge is 0.372 e. The van der Waals surface area contributed by atoms with E-state index in [1.807, 2.05) is 37.4 Å². The van der Waals surface area contributed by atoms with E-state index >= 15 is 0 Å². The van der Waals surface area contributed by atoms with Crippen LogP contribution in [-0.4, -0.2) is 63.8 Å². The molecule has 196 valence electrons. The number of hydrogen-bond acceptors (Lipinski definition) is 5. The van der Waals surface area contributed by atoms with Crippen molar-refractivity contribution in [1.29, 1.82) is 0 Å². The van der Waals surface area contributed by atoms with Crippen LogP contribution < -0.4 is 14.5 Å². The number of aryl methyl sites for hydroxylation is 1. The van der Waals surface area contributed by atoms with E-state index < -0.39 is 10.5 Å². The van der Waals surface area contributed by atoms with E-state index in [0.717, 1.165) is 64.4 Å². The van der Waals surface area contributed by atoms with E-state index in [0.29, 0.717) is 18.9 Å². The van der Waals surface area contributed by atoms with Crippen LogP contribution in [0.3, 0.4) is 0 Å². The SMILES string of the molecule is CCCN(C=O)c1nn(Cc2c[nH]c3ccc(C)cc23)c2c1c(N(C)C)pn1cc(S(C)(O)NC)cc21. The van der Waals surface area contributed by atoms with Gasteiger partial charge < -0.3 is 14.4 Å². The predicted molar refractivity (Wildman–Crippen MR) is 157 cm³/mol. The molecule has 1 aromatic carbocycles. The number of carbonyl (C=O) groups excluding carboxylic acids is 1.